The molecule has 1 heterocycles. The van der Waals surface area contributed by atoms with Crippen molar-refractivity contribution >= 4 is 65.6 Å². The van der Waals surface area contributed by atoms with Gasteiger partial charge in [-0.3, -0.25) is 29.1 Å². The monoisotopic (exact) mass is 731 g/mol. The van der Waals surface area contributed by atoms with Crippen molar-refractivity contribution in [1.29, 1.82) is 0 Å². The number of hydrogen-bond donors (Lipinski definition) is 3. The molecular formula is C32H35IN3O7P. The average Bonchev–Trinajstić information content (AvgIpc) is 3.46. The zero-order valence-corrected chi connectivity index (χ0v) is 27.6. The molecule has 1 saturated heterocycles. The molecule has 0 spiro atoms. The van der Waals surface area contributed by atoms with E-state index in [0.717, 1.165) is 3.57 Å². The average molecular weight is 732 g/mol. The molecule has 44 heavy (non-hydrogen) atoms. The third-order valence-electron chi connectivity index (χ3n) is 7.07. The van der Waals surface area contributed by atoms with E-state index in [2.05, 4.69) is 32.4 Å². The highest BCUT2D eigenvalue weighted by Gasteiger charge is 2.43. The van der Waals surface area contributed by atoms with Crippen LogP contribution in [0.1, 0.15) is 39.2 Å². The highest BCUT2D eigenvalue weighted by Crippen LogP contribution is 2.37. The van der Waals surface area contributed by atoms with Gasteiger partial charge in [-0.05, 0) is 101 Å². The number of phosphoric acid groups is 1. The fourth-order valence-corrected chi connectivity index (χ4v) is 5.72. The van der Waals surface area contributed by atoms with Crippen molar-refractivity contribution in [1.82, 2.24) is 10.2 Å². The zero-order chi connectivity index (χ0) is 32.1. The van der Waals surface area contributed by atoms with Crippen molar-refractivity contribution in [3.8, 4) is 5.75 Å². The smallest absolute Gasteiger partial charge is 0.404 e. The molecule has 1 aliphatic rings. The molecule has 12 heteroatoms. The van der Waals surface area contributed by atoms with Gasteiger partial charge < -0.3 is 14.7 Å². The fraction of sp³-hybridized carbons (Fsp3) is 0.281. The summed E-state index contributed by atoms with van der Waals surface area (Å²) in [7, 11) is -4.68. The standard InChI is InChI=1S/C32H35IN3O7P/c1-32(2,3)29(34-28(37)20-13-22-11-18-26(19-12-22)43-44(40,41)42)31(39)35-21-7-10-27(35)30(38)36(24-8-5-4-6-9-24)25-16-14-23(33)15-17-25/h4-6,8-9,11-20,27,29H,7,10,21H2,1-3H3,(H,34,37)(H2,40,41,42)/b20-13+/t27?,29-/m1/s1. The summed E-state index contributed by atoms with van der Waals surface area (Å²) in [6, 6.07) is 21.2. The molecule has 232 valence electrons. The number of para-hydroxylation sites is 1. The predicted octanol–water partition coefficient (Wildman–Crippen LogP) is 5.66. The maximum Gasteiger partial charge on any atom is 0.524 e. The summed E-state index contributed by atoms with van der Waals surface area (Å²) in [5.74, 6) is -1.06. The summed E-state index contributed by atoms with van der Waals surface area (Å²) in [6.45, 7) is 5.96. The normalized spacial score (nSPS) is 16.0. The van der Waals surface area contributed by atoms with E-state index in [0.29, 0.717) is 36.3 Å². The van der Waals surface area contributed by atoms with Crippen molar-refractivity contribution < 1.29 is 33.3 Å². The van der Waals surface area contributed by atoms with Crippen LogP contribution in [0.2, 0.25) is 0 Å². The number of amides is 3. The first-order valence-electron chi connectivity index (χ1n) is 14.0. The van der Waals surface area contributed by atoms with Gasteiger partial charge in [0.1, 0.15) is 17.8 Å². The van der Waals surface area contributed by atoms with Crippen molar-refractivity contribution in [2.45, 2.75) is 45.7 Å². The molecule has 1 fully saturated rings. The molecule has 3 amide bonds. The van der Waals surface area contributed by atoms with Gasteiger partial charge in [0.25, 0.3) is 5.91 Å². The quantitative estimate of drug-likeness (QED) is 0.147. The molecule has 3 aromatic rings. The first-order valence-corrected chi connectivity index (χ1v) is 16.6. The van der Waals surface area contributed by atoms with Crippen LogP contribution in [0.5, 0.6) is 5.75 Å². The number of phosphoric ester groups is 1. The van der Waals surface area contributed by atoms with Gasteiger partial charge in [0.05, 0.1) is 0 Å². The van der Waals surface area contributed by atoms with E-state index < -0.39 is 31.2 Å². The van der Waals surface area contributed by atoms with Crippen molar-refractivity contribution in [3.05, 3.63) is 94.1 Å². The van der Waals surface area contributed by atoms with Gasteiger partial charge in [-0.25, -0.2) is 4.57 Å². The van der Waals surface area contributed by atoms with E-state index in [1.54, 1.807) is 9.80 Å². The Labute approximate surface area is 270 Å². The summed E-state index contributed by atoms with van der Waals surface area (Å²) >= 11 is 2.21. The second-order valence-electron chi connectivity index (χ2n) is 11.5. The van der Waals surface area contributed by atoms with Gasteiger partial charge >= 0.3 is 7.82 Å². The highest BCUT2D eigenvalue weighted by molar-refractivity contribution is 14.1. The number of likely N-dealkylation sites (tertiary alicyclic amines) is 1. The summed E-state index contributed by atoms with van der Waals surface area (Å²) in [5.41, 5.74) is 1.32. The molecule has 4 rings (SSSR count). The Balaban J connectivity index is 1.52. The van der Waals surface area contributed by atoms with Crippen LogP contribution in [-0.4, -0.2) is 51.0 Å². The molecule has 10 nitrogen and oxygen atoms in total. The first-order chi connectivity index (χ1) is 20.7. The summed E-state index contributed by atoms with van der Waals surface area (Å²) in [6.07, 6.45) is 3.96. The fourth-order valence-electron chi connectivity index (χ4n) is 4.96. The molecule has 0 radical (unpaired) electrons. The van der Waals surface area contributed by atoms with Crippen LogP contribution in [0.25, 0.3) is 6.08 Å². The minimum atomic E-state index is -4.68. The Hall–Kier alpha value is -3.51. The number of nitrogens with zero attached hydrogens (tertiary/aromatic N) is 2. The van der Waals surface area contributed by atoms with Gasteiger partial charge in [0.2, 0.25) is 11.8 Å². The molecular weight excluding hydrogens is 696 g/mol. The Morgan fingerprint density at radius 1 is 1.00 bits per heavy atom. The van der Waals surface area contributed by atoms with Crippen LogP contribution in [-0.2, 0) is 18.9 Å². The second kappa shape index (κ2) is 14.1. The van der Waals surface area contributed by atoms with Gasteiger partial charge in [-0.2, -0.15) is 0 Å². The lowest BCUT2D eigenvalue weighted by atomic mass is 9.85. The number of anilines is 2. The van der Waals surface area contributed by atoms with Gasteiger partial charge in [0, 0.05) is 27.6 Å². The minimum absolute atomic E-state index is 0.0131. The van der Waals surface area contributed by atoms with E-state index in [9.17, 15) is 18.9 Å². The molecule has 3 N–H and O–H groups in total. The number of carbonyl (C=O) groups excluding carboxylic acids is 3. The maximum absolute atomic E-state index is 14.2. The zero-order valence-electron chi connectivity index (χ0n) is 24.6. The number of hydrogen-bond acceptors (Lipinski definition) is 5. The minimum Gasteiger partial charge on any atom is -0.404 e. The van der Waals surface area contributed by atoms with E-state index in [1.165, 1.54) is 36.4 Å². The number of halogens is 1. The lowest BCUT2D eigenvalue weighted by molar-refractivity contribution is -0.142. The van der Waals surface area contributed by atoms with Crippen molar-refractivity contribution in [2.75, 3.05) is 11.4 Å². The van der Waals surface area contributed by atoms with Gasteiger partial charge in [-0.1, -0.05) is 51.1 Å². The lowest BCUT2D eigenvalue weighted by Gasteiger charge is -2.36. The Kier molecular flexibility index (Phi) is 10.7. The van der Waals surface area contributed by atoms with E-state index in [-0.39, 0.29) is 17.6 Å². The third-order valence-corrected chi connectivity index (χ3v) is 8.24. The largest absolute Gasteiger partial charge is 0.524 e. The molecule has 3 aromatic carbocycles. The summed E-state index contributed by atoms with van der Waals surface area (Å²) < 4.78 is 16.6. The number of nitrogens with one attached hydrogen (secondary N) is 1. The van der Waals surface area contributed by atoms with Crippen LogP contribution in [0.4, 0.5) is 11.4 Å². The van der Waals surface area contributed by atoms with E-state index in [4.69, 9.17) is 9.79 Å². The van der Waals surface area contributed by atoms with Crippen molar-refractivity contribution in [3.63, 3.8) is 0 Å². The third kappa shape index (κ3) is 8.78. The Morgan fingerprint density at radius 3 is 2.20 bits per heavy atom. The SMILES string of the molecule is CC(C)(C)[C@H](NC(=O)/C=C/c1ccc(OP(=O)(O)O)cc1)C(=O)N1CCCC1C(=O)N(c1ccccc1)c1ccc(I)cc1. The van der Waals surface area contributed by atoms with Gasteiger partial charge in [-0.15, -0.1) is 0 Å². The molecule has 2 atom stereocenters. The molecule has 1 aliphatic heterocycles. The van der Waals surface area contributed by atoms with E-state index in [1.807, 2.05) is 75.4 Å². The highest BCUT2D eigenvalue weighted by atomic mass is 127. The second-order valence-corrected chi connectivity index (χ2v) is 13.9. The van der Waals surface area contributed by atoms with Gasteiger partial charge in [0.15, 0.2) is 0 Å². The summed E-state index contributed by atoms with van der Waals surface area (Å²) in [5, 5.41) is 2.83. The van der Waals surface area contributed by atoms with Crippen molar-refractivity contribution in [2.24, 2.45) is 5.41 Å². The van der Waals surface area contributed by atoms with Crippen LogP contribution in [0, 0.1) is 8.99 Å². The molecule has 0 saturated carbocycles. The number of rotatable bonds is 9. The lowest BCUT2D eigenvalue weighted by Crippen LogP contribution is -2.57. The molecule has 1 unspecified atom stereocenters. The van der Waals surface area contributed by atoms with E-state index >= 15 is 0 Å². The molecule has 0 aromatic heterocycles. The number of carbonyl (C=O) groups is 3. The van der Waals surface area contributed by atoms with Crippen LogP contribution in [0.3, 0.4) is 0 Å². The first kappa shape index (κ1) is 33.4. The Bertz CT molecular complexity index is 1550. The van der Waals surface area contributed by atoms with Crippen LogP contribution in [0.15, 0.2) is 84.9 Å². The topological polar surface area (TPSA) is 136 Å². The summed E-state index contributed by atoms with van der Waals surface area (Å²) in [4.78, 5) is 62.4. The van der Waals surface area contributed by atoms with Crippen LogP contribution >= 0.6 is 30.4 Å². The molecule has 0 aliphatic carbocycles. The number of benzene rings is 3. The van der Waals surface area contributed by atoms with Crippen LogP contribution < -0.4 is 14.7 Å². The maximum atomic E-state index is 14.2. The Morgan fingerprint density at radius 2 is 1.61 bits per heavy atom. The molecule has 0 bridgehead atoms. The predicted molar refractivity (Wildman–Crippen MR) is 177 cm³/mol.